The van der Waals surface area contributed by atoms with Crippen molar-refractivity contribution in [2.45, 2.75) is 31.1 Å². The van der Waals surface area contributed by atoms with Gasteiger partial charge in [0.05, 0.1) is 0 Å². The molecule has 5 heteroatoms. The smallest absolute Gasteiger partial charge is 0.163 e. The van der Waals surface area contributed by atoms with Gasteiger partial charge in [-0.15, -0.1) is 10.2 Å². The SMILES string of the molecule is CC1SCCCC1Nc1ccc(-c2nncn2C)cc1. The molecule has 1 saturated heterocycles. The Hall–Kier alpha value is -1.49. The zero-order valence-electron chi connectivity index (χ0n) is 11.9. The van der Waals surface area contributed by atoms with Crippen molar-refractivity contribution >= 4 is 17.4 Å². The number of nitrogens with zero attached hydrogens (tertiary/aromatic N) is 3. The van der Waals surface area contributed by atoms with E-state index in [1.54, 1.807) is 6.33 Å². The number of benzene rings is 1. The molecule has 0 spiro atoms. The Bertz CT molecular complexity index is 564. The predicted octanol–water partition coefficient (Wildman–Crippen LogP) is 3.18. The largest absolute Gasteiger partial charge is 0.381 e. The first-order valence-electron chi connectivity index (χ1n) is 7.06. The maximum atomic E-state index is 4.13. The van der Waals surface area contributed by atoms with Gasteiger partial charge in [-0.1, -0.05) is 6.92 Å². The number of rotatable bonds is 3. The van der Waals surface area contributed by atoms with Crippen LogP contribution in [0.25, 0.3) is 11.4 Å². The summed E-state index contributed by atoms with van der Waals surface area (Å²) in [5.41, 5.74) is 2.29. The van der Waals surface area contributed by atoms with E-state index >= 15 is 0 Å². The van der Waals surface area contributed by atoms with Crippen molar-refractivity contribution in [2.24, 2.45) is 7.05 Å². The Kier molecular flexibility index (Phi) is 3.96. The fourth-order valence-electron chi connectivity index (χ4n) is 2.59. The molecule has 0 saturated carbocycles. The van der Waals surface area contributed by atoms with E-state index < -0.39 is 0 Å². The molecule has 0 aliphatic carbocycles. The van der Waals surface area contributed by atoms with Crippen LogP contribution in [0.5, 0.6) is 0 Å². The van der Waals surface area contributed by atoms with Crippen LogP contribution in [0.4, 0.5) is 5.69 Å². The lowest BCUT2D eigenvalue weighted by atomic mass is 10.1. The molecule has 3 rings (SSSR count). The second-order valence-electron chi connectivity index (χ2n) is 5.31. The zero-order chi connectivity index (χ0) is 13.9. The summed E-state index contributed by atoms with van der Waals surface area (Å²) in [6.45, 7) is 2.31. The molecule has 0 amide bonds. The van der Waals surface area contributed by atoms with Crippen molar-refractivity contribution in [3.8, 4) is 11.4 Å². The van der Waals surface area contributed by atoms with Gasteiger partial charge in [-0.2, -0.15) is 11.8 Å². The van der Waals surface area contributed by atoms with Crippen LogP contribution in [0.3, 0.4) is 0 Å². The van der Waals surface area contributed by atoms with Crippen LogP contribution in [-0.2, 0) is 7.05 Å². The number of aryl methyl sites for hydroxylation is 1. The van der Waals surface area contributed by atoms with E-state index in [1.165, 1.54) is 24.3 Å². The quantitative estimate of drug-likeness (QED) is 0.942. The van der Waals surface area contributed by atoms with E-state index in [0.717, 1.165) is 11.4 Å². The highest BCUT2D eigenvalue weighted by molar-refractivity contribution is 8.00. The van der Waals surface area contributed by atoms with Gasteiger partial charge in [-0.3, -0.25) is 0 Å². The van der Waals surface area contributed by atoms with Gasteiger partial charge >= 0.3 is 0 Å². The third-order valence-electron chi connectivity index (χ3n) is 3.81. The van der Waals surface area contributed by atoms with Crippen molar-refractivity contribution in [1.82, 2.24) is 14.8 Å². The molecule has 1 N–H and O–H groups in total. The van der Waals surface area contributed by atoms with Gasteiger partial charge in [0.2, 0.25) is 0 Å². The van der Waals surface area contributed by atoms with E-state index in [9.17, 15) is 0 Å². The van der Waals surface area contributed by atoms with E-state index in [2.05, 4.69) is 58.5 Å². The summed E-state index contributed by atoms with van der Waals surface area (Å²) in [5, 5.41) is 12.4. The molecule has 1 aromatic carbocycles. The van der Waals surface area contributed by atoms with Crippen LogP contribution in [0, 0.1) is 0 Å². The molecule has 1 aliphatic heterocycles. The lowest BCUT2D eigenvalue weighted by molar-refractivity contribution is 0.617. The topological polar surface area (TPSA) is 42.7 Å². The molecular weight excluding hydrogens is 268 g/mol. The van der Waals surface area contributed by atoms with E-state index in [1.807, 2.05) is 11.6 Å². The third kappa shape index (κ3) is 2.82. The predicted molar refractivity (Wildman–Crippen MR) is 85.0 cm³/mol. The molecule has 2 unspecified atom stereocenters. The lowest BCUT2D eigenvalue weighted by Crippen LogP contribution is -2.32. The monoisotopic (exact) mass is 288 g/mol. The number of nitrogens with one attached hydrogen (secondary N) is 1. The summed E-state index contributed by atoms with van der Waals surface area (Å²) in [5.74, 6) is 2.20. The minimum absolute atomic E-state index is 0.578. The Morgan fingerprint density at radius 3 is 2.75 bits per heavy atom. The number of aromatic nitrogens is 3. The summed E-state index contributed by atoms with van der Waals surface area (Å²) >= 11 is 2.06. The molecule has 2 heterocycles. The minimum atomic E-state index is 0.578. The molecule has 0 bridgehead atoms. The molecule has 106 valence electrons. The van der Waals surface area contributed by atoms with Crippen molar-refractivity contribution in [1.29, 1.82) is 0 Å². The van der Waals surface area contributed by atoms with Gasteiger partial charge in [0.15, 0.2) is 5.82 Å². The first-order valence-corrected chi connectivity index (χ1v) is 8.11. The van der Waals surface area contributed by atoms with Crippen molar-refractivity contribution < 1.29 is 0 Å². The molecule has 1 fully saturated rings. The maximum Gasteiger partial charge on any atom is 0.163 e. The molecule has 2 aromatic rings. The molecule has 1 aliphatic rings. The van der Waals surface area contributed by atoms with Crippen molar-refractivity contribution in [3.05, 3.63) is 30.6 Å². The van der Waals surface area contributed by atoms with Crippen molar-refractivity contribution in [3.63, 3.8) is 0 Å². The highest BCUT2D eigenvalue weighted by atomic mass is 32.2. The average Bonchev–Trinajstić information content (AvgIpc) is 2.89. The summed E-state index contributed by atoms with van der Waals surface area (Å²) in [7, 11) is 1.96. The number of thioether (sulfide) groups is 1. The van der Waals surface area contributed by atoms with Gasteiger partial charge < -0.3 is 9.88 Å². The summed E-state index contributed by atoms with van der Waals surface area (Å²) in [6, 6.07) is 9.06. The summed E-state index contributed by atoms with van der Waals surface area (Å²) in [6.07, 6.45) is 4.30. The highest BCUT2D eigenvalue weighted by Gasteiger charge is 2.21. The highest BCUT2D eigenvalue weighted by Crippen LogP contribution is 2.28. The Morgan fingerprint density at radius 1 is 1.30 bits per heavy atom. The number of hydrogen-bond acceptors (Lipinski definition) is 4. The van der Waals surface area contributed by atoms with Gasteiger partial charge in [0, 0.05) is 29.6 Å². The summed E-state index contributed by atoms with van der Waals surface area (Å²) in [4.78, 5) is 0. The van der Waals surface area contributed by atoms with Gasteiger partial charge in [0.1, 0.15) is 6.33 Å². The first-order chi connectivity index (χ1) is 9.74. The fourth-order valence-corrected chi connectivity index (χ4v) is 3.73. The molecule has 2 atom stereocenters. The van der Waals surface area contributed by atoms with E-state index in [-0.39, 0.29) is 0 Å². The van der Waals surface area contributed by atoms with Crippen LogP contribution < -0.4 is 5.32 Å². The molecule has 1 aromatic heterocycles. The fraction of sp³-hybridized carbons (Fsp3) is 0.467. The van der Waals surface area contributed by atoms with Crippen molar-refractivity contribution in [2.75, 3.05) is 11.1 Å². The number of hydrogen-bond donors (Lipinski definition) is 1. The van der Waals surface area contributed by atoms with Crippen LogP contribution in [-0.4, -0.2) is 31.8 Å². The first kappa shape index (κ1) is 13.5. The zero-order valence-corrected chi connectivity index (χ0v) is 12.7. The van der Waals surface area contributed by atoms with E-state index in [4.69, 9.17) is 0 Å². The standard InChI is InChI=1S/C15H20N4S/c1-11-14(4-3-9-20-11)17-13-7-5-12(6-8-13)15-18-16-10-19(15)2/h5-8,10-11,14,17H,3-4,9H2,1-2H3. The molecule has 4 nitrogen and oxygen atoms in total. The Balaban J connectivity index is 1.71. The second kappa shape index (κ2) is 5.87. The van der Waals surface area contributed by atoms with E-state index in [0.29, 0.717) is 11.3 Å². The van der Waals surface area contributed by atoms with Gasteiger partial charge in [-0.25, -0.2) is 0 Å². The molecular formula is C15H20N4S. The normalized spacial score (nSPS) is 22.7. The van der Waals surface area contributed by atoms with Gasteiger partial charge in [0.25, 0.3) is 0 Å². The Morgan fingerprint density at radius 2 is 2.10 bits per heavy atom. The second-order valence-corrected chi connectivity index (χ2v) is 6.80. The number of anilines is 1. The molecule has 20 heavy (non-hydrogen) atoms. The summed E-state index contributed by atoms with van der Waals surface area (Å²) < 4.78 is 1.93. The third-order valence-corrected chi connectivity index (χ3v) is 5.19. The maximum absolute atomic E-state index is 4.13. The van der Waals surface area contributed by atoms with Crippen LogP contribution >= 0.6 is 11.8 Å². The lowest BCUT2D eigenvalue weighted by Gasteiger charge is -2.30. The van der Waals surface area contributed by atoms with Crippen LogP contribution in [0.1, 0.15) is 19.8 Å². The van der Waals surface area contributed by atoms with Gasteiger partial charge in [-0.05, 0) is 42.9 Å². The average molecular weight is 288 g/mol. The van der Waals surface area contributed by atoms with Crippen LogP contribution in [0.15, 0.2) is 30.6 Å². The van der Waals surface area contributed by atoms with Crippen LogP contribution in [0.2, 0.25) is 0 Å². The Labute approximate surface area is 124 Å². The minimum Gasteiger partial charge on any atom is -0.381 e. The molecule has 0 radical (unpaired) electrons.